The zero-order chi connectivity index (χ0) is 16.4. The summed E-state index contributed by atoms with van der Waals surface area (Å²) in [6.45, 7) is 7.02. The zero-order valence-electron chi connectivity index (χ0n) is 13.4. The van der Waals surface area contributed by atoms with Crippen molar-refractivity contribution in [1.82, 2.24) is 25.2 Å². The Kier molecular flexibility index (Phi) is 4.10. The summed E-state index contributed by atoms with van der Waals surface area (Å²) in [5.41, 5.74) is 2.35. The van der Waals surface area contributed by atoms with Crippen LogP contribution in [0.5, 0.6) is 0 Å². The molecule has 0 saturated carbocycles. The summed E-state index contributed by atoms with van der Waals surface area (Å²) in [5, 5.41) is 11.7. The van der Waals surface area contributed by atoms with E-state index < -0.39 is 0 Å². The maximum atomic E-state index is 12.5. The van der Waals surface area contributed by atoms with Crippen molar-refractivity contribution in [2.75, 3.05) is 6.54 Å². The third-order valence-corrected chi connectivity index (χ3v) is 3.66. The molecule has 0 radical (unpaired) electrons. The van der Waals surface area contributed by atoms with Crippen LogP contribution in [0.4, 0.5) is 0 Å². The Morgan fingerprint density at radius 1 is 1.43 bits per heavy atom. The molecule has 3 heterocycles. The highest BCUT2D eigenvalue weighted by atomic mass is 16.5. The molecule has 0 aliphatic carbocycles. The third-order valence-electron chi connectivity index (χ3n) is 3.66. The van der Waals surface area contributed by atoms with E-state index in [-0.39, 0.29) is 11.8 Å². The molecule has 3 rings (SSSR count). The second-order valence-electron chi connectivity index (χ2n) is 5.80. The van der Waals surface area contributed by atoms with E-state index in [1.165, 1.54) is 0 Å². The number of aryl methyl sites for hydroxylation is 2. The van der Waals surface area contributed by atoms with Crippen LogP contribution in [0.15, 0.2) is 29.0 Å². The van der Waals surface area contributed by atoms with Crippen molar-refractivity contribution in [2.24, 2.45) is 5.92 Å². The fraction of sp³-hybridized carbons (Fsp3) is 0.375. The number of hydrogen-bond donors (Lipinski definition) is 1. The molecule has 120 valence electrons. The van der Waals surface area contributed by atoms with E-state index in [4.69, 9.17) is 4.52 Å². The van der Waals surface area contributed by atoms with Gasteiger partial charge in [-0.15, -0.1) is 0 Å². The molecule has 0 aromatic carbocycles. The minimum absolute atomic E-state index is 0.140. The maximum absolute atomic E-state index is 12.5. The Morgan fingerprint density at radius 2 is 2.26 bits per heavy atom. The van der Waals surface area contributed by atoms with Crippen LogP contribution in [0.2, 0.25) is 0 Å². The van der Waals surface area contributed by atoms with Gasteiger partial charge in [-0.05, 0) is 31.9 Å². The van der Waals surface area contributed by atoms with Gasteiger partial charge in [-0.3, -0.25) is 9.48 Å². The van der Waals surface area contributed by atoms with Crippen LogP contribution in [0.25, 0.3) is 11.1 Å². The molecule has 0 aliphatic rings. The number of carbonyl (C=O) groups is 1. The molecule has 3 aromatic heterocycles. The first-order valence-electron chi connectivity index (χ1n) is 7.54. The highest BCUT2D eigenvalue weighted by molar-refractivity contribution is 6.06. The highest BCUT2D eigenvalue weighted by Gasteiger charge is 2.18. The van der Waals surface area contributed by atoms with Crippen molar-refractivity contribution >= 4 is 17.0 Å². The number of aromatic nitrogens is 4. The van der Waals surface area contributed by atoms with Crippen LogP contribution in [0.3, 0.4) is 0 Å². The Bertz CT molecular complexity index is 822. The lowest BCUT2D eigenvalue weighted by molar-refractivity contribution is 0.0948. The summed E-state index contributed by atoms with van der Waals surface area (Å²) >= 11 is 0. The van der Waals surface area contributed by atoms with E-state index in [0.29, 0.717) is 28.9 Å². The van der Waals surface area contributed by atoms with E-state index in [0.717, 1.165) is 12.2 Å². The van der Waals surface area contributed by atoms with Crippen molar-refractivity contribution in [3.8, 4) is 0 Å². The lowest BCUT2D eigenvalue weighted by Crippen LogP contribution is -2.30. The number of nitrogens with one attached hydrogen (secondary N) is 1. The van der Waals surface area contributed by atoms with E-state index >= 15 is 0 Å². The molecule has 7 nitrogen and oxygen atoms in total. The highest BCUT2D eigenvalue weighted by Crippen LogP contribution is 2.21. The van der Waals surface area contributed by atoms with Crippen molar-refractivity contribution in [1.29, 1.82) is 0 Å². The molecule has 0 saturated heterocycles. The van der Waals surface area contributed by atoms with Crippen LogP contribution < -0.4 is 5.32 Å². The molecule has 3 aromatic rings. The van der Waals surface area contributed by atoms with Gasteiger partial charge >= 0.3 is 0 Å². The number of hydrogen-bond acceptors (Lipinski definition) is 5. The maximum Gasteiger partial charge on any atom is 0.258 e. The van der Waals surface area contributed by atoms with Gasteiger partial charge < -0.3 is 9.84 Å². The number of carbonyl (C=O) groups excluding carboxylic acids is 1. The van der Waals surface area contributed by atoms with Gasteiger partial charge in [0.1, 0.15) is 0 Å². The molecule has 0 spiro atoms. The average molecular weight is 313 g/mol. The minimum Gasteiger partial charge on any atom is -0.352 e. The van der Waals surface area contributed by atoms with Crippen molar-refractivity contribution in [2.45, 2.75) is 27.3 Å². The van der Waals surface area contributed by atoms with Gasteiger partial charge in [-0.2, -0.15) is 5.10 Å². The van der Waals surface area contributed by atoms with Crippen LogP contribution in [0.1, 0.15) is 28.7 Å². The quantitative estimate of drug-likeness (QED) is 0.779. The Hall–Kier alpha value is -2.70. The summed E-state index contributed by atoms with van der Waals surface area (Å²) < 4.78 is 7.02. The first-order valence-corrected chi connectivity index (χ1v) is 7.54. The lowest BCUT2D eigenvalue weighted by Gasteiger charge is -2.13. The molecule has 1 N–H and O–H groups in total. The van der Waals surface area contributed by atoms with E-state index in [1.54, 1.807) is 19.2 Å². The first kappa shape index (κ1) is 15.2. The molecule has 0 bridgehead atoms. The smallest absolute Gasteiger partial charge is 0.258 e. The van der Waals surface area contributed by atoms with Gasteiger partial charge in [0.05, 0.1) is 16.6 Å². The SMILES string of the molecule is Cc1cc(C(=O)NCC(C)Cn2cccn2)c2c(C)noc2n1. The van der Waals surface area contributed by atoms with Crippen LogP contribution in [-0.2, 0) is 6.54 Å². The summed E-state index contributed by atoms with van der Waals surface area (Å²) in [6, 6.07) is 3.65. The zero-order valence-corrected chi connectivity index (χ0v) is 13.4. The van der Waals surface area contributed by atoms with Gasteiger partial charge in [0.15, 0.2) is 0 Å². The molecule has 1 atom stereocenters. The molecular formula is C16H19N5O2. The normalized spacial score (nSPS) is 12.5. The summed E-state index contributed by atoms with van der Waals surface area (Å²) in [6.07, 6.45) is 3.66. The van der Waals surface area contributed by atoms with Crippen LogP contribution >= 0.6 is 0 Å². The monoisotopic (exact) mass is 313 g/mol. The topological polar surface area (TPSA) is 85.8 Å². The molecular weight excluding hydrogens is 294 g/mol. The van der Waals surface area contributed by atoms with Gasteiger partial charge in [0.2, 0.25) is 0 Å². The number of nitrogens with zero attached hydrogens (tertiary/aromatic N) is 4. The number of pyridine rings is 1. The van der Waals surface area contributed by atoms with Gasteiger partial charge in [0.25, 0.3) is 11.6 Å². The predicted molar refractivity (Wildman–Crippen MR) is 85.0 cm³/mol. The van der Waals surface area contributed by atoms with Crippen molar-refractivity contribution in [3.05, 3.63) is 41.5 Å². The molecule has 1 amide bonds. The molecule has 7 heteroatoms. The Balaban J connectivity index is 1.72. The summed E-state index contributed by atoms with van der Waals surface area (Å²) in [4.78, 5) is 16.8. The fourth-order valence-electron chi connectivity index (χ4n) is 2.55. The van der Waals surface area contributed by atoms with Gasteiger partial charge in [-0.1, -0.05) is 12.1 Å². The first-order chi connectivity index (χ1) is 11.0. The van der Waals surface area contributed by atoms with Gasteiger partial charge in [0, 0.05) is 31.2 Å². The van der Waals surface area contributed by atoms with Crippen LogP contribution in [-0.4, -0.2) is 32.4 Å². The minimum atomic E-state index is -0.140. The number of amides is 1. The summed E-state index contributed by atoms with van der Waals surface area (Å²) in [7, 11) is 0. The summed E-state index contributed by atoms with van der Waals surface area (Å²) in [5.74, 6) is 0.125. The number of fused-ring (bicyclic) bond motifs is 1. The Labute approximate surface area is 133 Å². The predicted octanol–water partition coefficient (Wildman–Crippen LogP) is 2.10. The van der Waals surface area contributed by atoms with E-state index in [2.05, 4.69) is 27.5 Å². The van der Waals surface area contributed by atoms with Crippen LogP contribution in [0, 0.1) is 19.8 Å². The standard InChI is InChI=1S/C16H19N5O2/c1-10(9-21-6-4-5-18-21)8-17-15(22)13-7-11(2)19-16-14(13)12(3)20-23-16/h4-7,10H,8-9H2,1-3H3,(H,17,22). The average Bonchev–Trinajstić information content (AvgIpc) is 3.14. The lowest BCUT2D eigenvalue weighted by atomic mass is 10.1. The van der Waals surface area contributed by atoms with E-state index in [9.17, 15) is 4.79 Å². The van der Waals surface area contributed by atoms with Crippen molar-refractivity contribution in [3.63, 3.8) is 0 Å². The second kappa shape index (κ2) is 6.20. The van der Waals surface area contributed by atoms with Crippen molar-refractivity contribution < 1.29 is 9.32 Å². The molecule has 1 unspecified atom stereocenters. The molecule has 0 aliphatic heterocycles. The third kappa shape index (κ3) is 3.23. The van der Waals surface area contributed by atoms with E-state index in [1.807, 2.05) is 23.9 Å². The fourth-order valence-corrected chi connectivity index (χ4v) is 2.55. The second-order valence-corrected chi connectivity index (χ2v) is 5.80. The van der Waals surface area contributed by atoms with Gasteiger partial charge in [-0.25, -0.2) is 4.98 Å². The molecule has 0 fully saturated rings. The number of rotatable bonds is 5. The molecule has 23 heavy (non-hydrogen) atoms. The largest absolute Gasteiger partial charge is 0.352 e. The Morgan fingerprint density at radius 3 is 3.00 bits per heavy atom.